The maximum atomic E-state index is 5.28. The third kappa shape index (κ3) is 3.52. The summed E-state index contributed by atoms with van der Waals surface area (Å²) in [6.07, 6.45) is 5.07. The Morgan fingerprint density at radius 2 is 1.41 bits per heavy atom. The van der Waals surface area contributed by atoms with Gasteiger partial charge in [0.25, 0.3) is 0 Å². The number of aromatic nitrogens is 3. The summed E-state index contributed by atoms with van der Waals surface area (Å²) in [5, 5.41) is 0.833. The summed E-state index contributed by atoms with van der Waals surface area (Å²) in [6, 6.07) is 15.9. The number of hydrogen-bond donors (Lipinski definition) is 0. The van der Waals surface area contributed by atoms with E-state index in [0.717, 1.165) is 43.9 Å². The fourth-order valence-corrected chi connectivity index (χ4v) is 3.78. The van der Waals surface area contributed by atoms with Gasteiger partial charge in [-0.05, 0) is 54.1 Å². The average molecular weight is 375 g/mol. The van der Waals surface area contributed by atoms with Crippen molar-refractivity contribution in [2.75, 3.05) is 14.2 Å². The monoisotopic (exact) mass is 375 g/mol. The van der Waals surface area contributed by atoms with Gasteiger partial charge >= 0.3 is 0 Å². The number of ether oxygens (including phenoxy) is 2. The maximum absolute atomic E-state index is 5.28. The van der Waals surface area contributed by atoms with Gasteiger partial charge in [0.15, 0.2) is 0 Å². The summed E-state index contributed by atoms with van der Waals surface area (Å²) in [7, 11) is 3.32. The molecule has 0 aliphatic rings. The van der Waals surface area contributed by atoms with Gasteiger partial charge in [-0.3, -0.25) is 9.97 Å². The second kappa shape index (κ2) is 7.55. The zero-order valence-corrected chi connectivity index (χ0v) is 15.7. The van der Waals surface area contributed by atoms with Crippen LogP contribution in [0, 0.1) is 0 Å². The van der Waals surface area contributed by atoms with Gasteiger partial charge in [-0.15, -0.1) is 11.3 Å². The van der Waals surface area contributed by atoms with Crippen molar-refractivity contribution in [2.45, 2.75) is 0 Å². The molecular formula is C21H17N3O2S. The average Bonchev–Trinajstić information content (AvgIpc) is 3.20. The molecule has 0 saturated heterocycles. The van der Waals surface area contributed by atoms with Crippen LogP contribution in [0.3, 0.4) is 0 Å². The number of thiazole rings is 1. The number of methoxy groups -OCH3 is 2. The van der Waals surface area contributed by atoms with Crippen LogP contribution in [0.1, 0.15) is 0 Å². The summed E-state index contributed by atoms with van der Waals surface area (Å²) in [6.45, 7) is 0. The fraction of sp³-hybridized carbons (Fsp3) is 0.0952. The highest BCUT2D eigenvalue weighted by atomic mass is 32.1. The molecule has 6 heteroatoms. The van der Waals surface area contributed by atoms with E-state index >= 15 is 0 Å². The van der Waals surface area contributed by atoms with E-state index in [-0.39, 0.29) is 0 Å². The molecule has 5 nitrogen and oxygen atoms in total. The first-order chi connectivity index (χ1) is 13.3. The number of benzene rings is 2. The normalized spacial score (nSPS) is 10.6. The number of nitrogens with zero attached hydrogens (tertiary/aromatic N) is 3. The minimum atomic E-state index is 0.761. The predicted octanol–water partition coefficient (Wildman–Crippen LogP) is 4.95. The zero-order chi connectivity index (χ0) is 18.6. The molecule has 0 fully saturated rings. The highest BCUT2D eigenvalue weighted by Crippen LogP contribution is 2.40. The van der Waals surface area contributed by atoms with Crippen LogP contribution in [0.5, 0.6) is 11.5 Å². The standard InChI is InChI=1S/C21H17N3O2S/c1-25-16-7-3-14(4-8-16)19-20(15-5-9-17(26-2)10-6-15)27-21(24-19)18-13-22-11-12-23-18/h3-13H,1-2H3. The quantitative estimate of drug-likeness (QED) is 0.494. The van der Waals surface area contributed by atoms with Gasteiger partial charge in [0, 0.05) is 18.0 Å². The second-order valence-electron chi connectivity index (χ2n) is 5.74. The highest BCUT2D eigenvalue weighted by Gasteiger charge is 2.17. The van der Waals surface area contributed by atoms with Crippen molar-refractivity contribution in [3.05, 3.63) is 67.1 Å². The predicted molar refractivity (Wildman–Crippen MR) is 107 cm³/mol. The molecule has 4 rings (SSSR count). The first-order valence-electron chi connectivity index (χ1n) is 8.34. The second-order valence-corrected chi connectivity index (χ2v) is 6.74. The minimum Gasteiger partial charge on any atom is -0.497 e. The maximum Gasteiger partial charge on any atom is 0.144 e. The smallest absolute Gasteiger partial charge is 0.144 e. The van der Waals surface area contributed by atoms with E-state index in [4.69, 9.17) is 14.5 Å². The summed E-state index contributed by atoms with van der Waals surface area (Å²) in [5.74, 6) is 1.64. The van der Waals surface area contributed by atoms with E-state index in [1.807, 2.05) is 48.5 Å². The molecule has 2 aromatic carbocycles. The summed E-state index contributed by atoms with van der Waals surface area (Å²) >= 11 is 1.60. The molecule has 0 saturated carbocycles. The van der Waals surface area contributed by atoms with Crippen LogP contribution in [0.25, 0.3) is 32.4 Å². The lowest BCUT2D eigenvalue weighted by molar-refractivity contribution is 0.414. The van der Waals surface area contributed by atoms with Gasteiger partial charge in [0.1, 0.15) is 22.2 Å². The van der Waals surface area contributed by atoms with Crippen LogP contribution < -0.4 is 9.47 Å². The number of hydrogen-bond acceptors (Lipinski definition) is 6. The van der Waals surface area contributed by atoms with Crippen molar-refractivity contribution in [3.63, 3.8) is 0 Å². The molecule has 0 bridgehead atoms. The van der Waals surface area contributed by atoms with Gasteiger partial charge in [-0.25, -0.2) is 4.98 Å². The van der Waals surface area contributed by atoms with Crippen LogP contribution in [-0.2, 0) is 0 Å². The highest BCUT2D eigenvalue weighted by molar-refractivity contribution is 7.18. The molecule has 4 aromatic rings. The SMILES string of the molecule is COc1ccc(-c2nc(-c3cnccn3)sc2-c2ccc(OC)cc2)cc1. The van der Waals surface area contributed by atoms with Crippen LogP contribution in [0.2, 0.25) is 0 Å². The Morgan fingerprint density at radius 1 is 0.778 bits per heavy atom. The molecule has 27 heavy (non-hydrogen) atoms. The molecule has 0 aliphatic heterocycles. The largest absolute Gasteiger partial charge is 0.497 e. The third-order valence-corrected chi connectivity index (χ3v) is 5.25. The molecule has 134 valence electrons. The first kappa shape index (κ1) is 17.2. The van der Waals surface area contributed by atoms with Crippen molar-refractivity contribution >= 4 is 11.3 Å². The van der Waals surface area contributed by atoms with Crippen LogP contribution in [0.4, 0.5) is 0 Å². The molecule has 0 radical (unpaired) electrons. The van der Waals surface area contributed by atoms with E-state index in [1.54, 1.807) is 44.1 Å². The lowest BCUT2D eigenvalue weighted by Gasteiger charge is -2.05. The molecule has 0 spiro atoms. The molecule has 2 heterocycles. The van der Waals surface area contributed by atoms with E-state index < -0.39 is 0 Å². The van der Waals surface area contributed by atoms with Crippen molar-refractivity contribution in [2.24, 2.45) is 0 Å². The summed E-state index contributed by atoms with van der Waals surface area (Å²) in [4.78, 5) is 14.5. The van der Waals surface area contributed by atoms with E-state index in [2.05, 4.69) is 9.97 Å². The molecule has 0 aliphatic carbocycles. The Labute approximate surface area is 161 Å². The van der Waals surface area contributed by atoms with Gasteiger partial charge in [0.05, 0.1) is 31.0 Å². The summed E-state index contributed by atoms with van der Waals surface area (Å²) in [5.41, 5.74) is 3.77. The summed E-state index contributed by atoms with van der Waals surface area (Å²) < 4.78 is 10.5. The Kier molecular flexibility index (Phi) is 4.80. The van der Waals surface area contributed by atoms with Gasteiger partial charge in [0.2, 0.25) is 0 Å². The van der Waals surface area contributed by atoms with E-state index in [0.29, 0.717) is 0 Å². The lowest BCUT2D eigenvalue weighted by Crippen LogP contribution is -1.86. The first-order valence-corrected chi connectivity index (χ1v) is 9.16. The molecule has 0 amide bonds. The Bertz CT molecular complexity index is 964. The van der Waals surface area contributed by atoms with Crippen molar-refractivity contribution < 1.29 is 9.47 Å². The van der Waals surface area contributed by atoms with Crippen molar-refractivity contribution in [1.82, 2.24) is 15.0 Å². The Balaban J connectivity index is 1.85. The fourth-order valence-electron chi connectivity index (χ4n) is 2.72. The topological polar surface area (TPSA) is 57.1 Å². The lowest BCUT2D eigenvalue weighted by atomic mass is 10.1. The molecule has 2 aromatic heterocycles. The van der Waals surface area contributed by atoms with Crippen LogP contribution in [0.15, 0.2) is 67.1 Å². The van der Waals surface area contributed by atoms with Crippen LogP contribution >= 0.6 is 11.3 Å². The molecule has 0 unspecified atom stereocenters. The van der Waals surface area contributed by atoms with Gasteiger partial charge < -0.3 is 9.47 Å². The molecule has 0 atom stereocenters. The zero-order valence-electron chi connectivity index (χ0n) is 14.9. The van der Waals surface area contributed by atoms with E-state index in [9.17, 15) is 0 Å². The Morgan fingerprint density at radius 3 is 1.96 bits per heavy atom. The minimum absolute atomic E-state index is 0.761. The number of rotatable bonds is 5. The van der Waals surface area contributed by atoms with E-state index in [1.165, 1.54) is 0 Å². The van der Waals surface area contributed by atoms with Gasteiger partial charge in [-0.1, -0.05) is 0 Å². The third-order valence-electron chi connectivity index (χ3n) is 4.13. The van der Waals surface area contributed by atoms with Crippen molar-refractivity contribution in [1.29, 1.82) is 0 Å². The molecular weight excluding hydrogens is 358 g/mol. The van der Waals surface area contributed by atoms with Gasteiger partial charge in [-0.2, -0.15) is 0 Å². The molecule has 0 N–H and O–H groups in total. The van der Waals surface area contributed by atoms with Crippen molar-refractivity contribution in [3.8, 4) is 43.9 Å². The van der Waals surface area contributed by atoms with Crippen LogP contribution in [-0.4, -0.2) is 29.2 Å². The Hall–Kier alpha value is -3.25.